The molecule has 1 unspecified atom stereocenters. The third kappa shape index (κ3) is 5.26. The van der Waals surface area contributed by atoms with Crippen LogP contribution in [0, 0.1) is 24.0 Å². The molecule has 0 aliphatic rings. The number of nitro groups is 1. The Labute approximate surface area is 185 Å². The Kier molecular flexibility index (Phi) is 6.82. The molecule has 0 spiro atoms. The molecule has 166 valence electrons. The molecule has 0 radical (unpaired) electrons. The van der Waals surface area contributed by atoms with Crippen LogP contribution in [0.1, 0.15) is 53.5 Å². The van der Waals surface area contributed by atoms with Crippen molar-refractivity contribution >= 4 is 28.5 Å². The number of ether oxygens (including phenoxy) is 1. The fourth-order valence-corrected chi connectivity index (χ4v) is 3.52. The third-order valence-corrected chi connectivity index (χ3v) is 4.96. The summed E-state index contributed by atoms with van der Waals surface area (Å²) in [7, 11) is 0. The Bertz CT molecular complexity index is 1190. The summed E-state index contributed by atoms with van der Waals surface area (Å²) in [5, 5.41) is 15.1. The van der Waals surface area contributed by atoms with Crippen molar-refractivity contribution in [2.75, 3.05) is 0 Å². The van der Waals surface area contributed by atoms with E-state index in [1.165, 1.54) is 18.2 Å². The van der Waals surface area contributed by atoms with Gasteiger partial charge in [0, 0.05) is 11.5 Å². The standard InChI is InChI=1S/C24H25N3O5/c1-14(2)32-23(28)13-21(18-7-5-6-8-22(18)27(30)31)26-24(29)19-12-17-11-15(3)9-10-20(17)25-16(19)4/h5-12,14,21H,13H2,1-4H3,(H,26,29). The van der Waals surface area contributed by atoms with Gasteiger partial charge in [-0.3, -0.25) is 24.7 Å². The van der Waals surface area contributed by atoms with Gasteiger partial charge < -0.3 is 10.1 Å². The van der Waals surface area contributed by atoms with Gasteiger partial charge in [0.25, 0.3) is 11.6 Å². The summed E-state index contributed by atoms with van der Waals surface area (Å²) in [4.78, 5) is 41.1. The van der Waals surface area contributed by atoms with Gasteiger partial charge in [-0.1, -0.05) is 29.8 Å². The molecule has 8 heteroatoms. The molecule has 0 bridgehead atoms. The summed E-state index contributed by atoms with van der Waals surface area (Å²) in [5.41, 5.74) is 2.70. The molecule has 1 atom stereocenters. The van der Waals surface area contributed by atoms with E-state index >= 15 is 0 Å². The number of nitro benzene ring substituents is 1. The van der Waals surface area contributed by atoms with Crippen LogP contribution in [-0.4, -0.2) is 27.9 Å². The van der Waals surface area contributed by atoms with E-state index in [2.05, 4.69) is 10.3 Å². The Morgan fingerprint density at radius 3 is 2.53 bits per heavy atom. The van der Waals surface area contributed by atoms with E-state index in [1.54, 1.807) is 32.9 Å². The molecule has 3 aromatic rings. The molecule has 0 saturated carbocycles. The lowest BCUT2D eigenvalue weighted by molar-refractivity contribution is -0.385. The SMILES string of the molecule is Cc1ccc2nc(C)c(C(=O)NC(CC(=O)OC(C)C)c3ccccc3[N+](=O)[O-])cc2c1. The molecule has 1 aromatic heterocycles. The molecule has 1 N–H and O–H groups in total. The van der Waals surface area contributed by atoms with Gasteiger partial charge in [0.2, 0.25) is 0 Å². The Hall–Kier alpha value is -3.81. The molecule has 8 nitrogen and oxygen atoms in total. The maximum Gasteiger partial charge on any atom is 0.308 e. The first kappa shape index (κ1) is 22.9. The van der Waals surface area contributed by atoms with Crippen molar-refractivity contribution in [1.29, 1.82) is 0 Å². The second kappa shape index (κ2) is 9.55. The number of carbonyl (C=O) groups is 2. The van der Waals surface area contributed by atoms with Crippen molar-refractivity contribution in [2.24, 2.45) is 0 Å². The lowest BCUT2D eigenvalue weighted by atomic mass is 10.0. The molecule has 0 aliphatic heterocycles. The summed E-state index contributed by atoms with van der Waals surface area (Å²) >= 11 is 0. The van der Waals surface area contributed by atoms with E-state index in [1.807, 2.05) is 25.1 Å². The van der Waals surface area contributed by atoms with Crippen molar-refractivity contribution in [1.82, 2.24) is 10.3 Å². The van der Waals surface area contributed by atoms with E-state index in [0.29, 0.717) is 11.3 Å². The smallest absolute Gasteiger partial charge is 0.308 e. The predicted octanol–water partition coefficient (Wildman–Crippen LogP) is 4.57. The van der Waals surface area contributed by atoms with Crippen molar-refractivity contribution in [2.45, 2.75) is 46.3 Å². The quantitative estimate of drug-likeness (QED) is 0.330. The summed E-state index contributed by atoms with van der Waals surface area (Å²) < 4.78 is 5.21. The number of pyridine rings is 1. The van der Waals surface area contributed by atoms with Gasteiger partial charge in [0.15, 0.2) is 0 Å². The van der Waals surface area contributed by atoms with E-state index in [9.17, 15) is 19.7 Å². The Morgan fingerprint density at radius 2 is 1.84 bits per heavy atom. The second-order valence-electron chi connectivity index (χ2n) is 7.90. The predicted molar refractivity (Wildman–Crippen MR) is 120 cm³/mol. The van der Waals surface area contributed by atoms with Crippen LogP contribution in [0.4, 0.5) is 5.69 Å². The minimum atomic E-state index is -0.942. The Balaban J connectivity index is 1.98. The van der Waals surface area contributed by atoms with E-state index in [0.717, 1.165) is 16.5 Å². The van der Waals surface area contributed by atoms with Gasteiger partial charge in [-0.25, -0.2) is 0 Å². The van der Waals surface area contributed by atoms with Gasteiger partial charge in [-0.2, -0.15) is 0 Å². The summed E-state index contributed by atoms with van der Waals surface area (Å²) in [6, 6.07) is 12.6. The third-order valence-electron chi connectivity index (χ3n) is 4.96. The number of benzene rings is 2. The van der Waals surface area contributed by atoms with Gasteiger partial charge >= 0.3 is 5.97 Å². The van der Waals surface area contributed by atoms with E-state index in [-0.39, 0.29) is 23.8 Å². The summed E-state index contributed by atoms with van der Waals surface area (Å²) in [6.45, 7) is 7.09. The van der Waals surface area contributed by atoms with Crippen LogP contribution in [0.3, 0.4) is 0 Å². The number of para-hydroxylation sites is 1. The summed E-state index contributed by atoms with van der Waals surface area (Å²) in [6.07, 6.45) is -0.590. The molecule has 0 saturated heterocycles. The highest BCUT2D eigenvalue weighted by Gasteiger charge is 2.27. The number of hydrogen-bond donors (Lipinski definition) is 1. The van der Waals surface area contributed by atoms with Crippen LogP contribution < -0.4 is 5.32 Å². The number of aryl methyl sites for hydroxylation is 2. The van der Waals surface area contributed by atoms with Gasteiger partial charge in [-0.15, -0.1) is 0 Å². The molecule has 0 fully saturated rings. The minimum absolute atomic E-state index is 0.181. The lowest BCUT2D eigenvalue weighted by Gasteiger charge is -2.20. The highest BCUT2D eigenvalue weighted by Crippen LogP contribution is 2.28. The number of hydrogen-bond acceptors (Lipinski definition) is 6. The monoisotopic (exact) mass is 435 g/mol. The van der Waals surface area contributed by atoms with Crippen LogP contribution in [-0.2, 0) is 9.53 Å². The number of nitrogens with zero attached hydrogens (tertiary/aromatic N) is 2. The molecule has 32 heavy (non-hydrogen) atoms. The number of carbonyl (C=O) groups excluding carboxylic acids is 2. The van der Waals surface area contributed by atoms with Gasteiger partial charge in [0.05, 0.1) is 45.8 Å². The van der Waals surface area contributed by atoms with Crippen molar-refractivity contribution in [3.05, 3.63) is 81.0 Å². The largest absolute Gasteiger partial charge is 0.463 e. The maximum absolute atomic E-state index is 13.2. The normalized spacial score (nSPS) is 11.9. The maximum atomic E-state index is 13.2. The number of nitrogens with one attached hydrogen (secondary N) is 1. The zero-order valence-electron chi connectivity index (χ0n) is 18.4. The molecule has 2 aromatic carbocycles. The zero-order valence-corrected chi connectivity index (χ0v) is 18.4. The zero-order chi connectivity index (χ0) is 23.4. The highest BCUT2D eigenvalue weighted by atomic mass is 16.6. The highest BCUT2D eigenvalue weighted by molar-refractivity contribution is 5.99. The van der Waals surface area contributed by atoms with Gasteiger partial charge in [0.1, 0.15) is 0 Å². The Morgan fingerprint density at radius 1 is 1.12 bits per heavy atom. The summed E-state index contributed by atoms with van der Waals surface area (Å²) in [5.74, 6) is -1.04. The number of amides is 1. The van der Waals surface area contributed by atoms with Crippen LogP contribution in [0.2, 0.25) is 0 Å². The topological polar surface area (TPSA) is 111 Å². The van der Waals surface area contributed by atoms with Crippen LogP contribution in [0.5, 0.6) is 0 Å². The molecule has 3 rings (SSSR count). The van der Waals surface area contributed by atoms with E-state index < -0.39 is 22.8 Å². The molecule has 1 heterocycles. The average Bonchev–Trinajstić information content (AvgIpc) is 2.72. The molecule has 1 amide bonds. The first-order chi connectivity index (χ1) is 15.2. The fourth-order valence-electron chi connectivity index (χ4n) is 3.52. The molecular weight excluding hydrogens is 410 g/mol. The van der Waals surface area contributed by atoms with Crippen molar-refractivity contribution in [3.63, 3.8) is 0 Å². The fraction of sp³-hybridized carbons (Fsp3) is 0.292. The number of fused-ring (bicyclic) bond motifs is 1. The van der Waals surface area contributed by atoms with Crippen molar-refractivity contribution < 1.29 is 19.2 Å². The van der Waals surface area contributed by atoms with Crippen LogP contribution >= 0.6 is 0 Å². The van der Waals surface area contributed by atoms with E-state index in [4.69, 9.17) is 4.74 Å². The molecule has 0 aliphatic carbocycles. The molecular formula is C24H25N3O5. The number of esters is 1. The number of aromatic nitrogens is 1. The lowest BCUT2D eigenvalue weighted by Crippen LogP contribution is -2.32. The van der Waals surface area contributed by atoms with Crippen LogP contribution in [0.25, 0.3) is 10.9 Å². The van der Waals surface area contributed by atoms with Crippen molar-refractivity contribution in [3.8, 4) is 0 Å². The van der Waals surface area contributed by atoms with Gasteiger partial charge in [-0.05, 0) is 45.9 Å². The first-order valence-corrected chi connectivity index (χ1v) is 10.3. The second-order valence-corrected chi connectivity index (χ2v) is 7.90. The van der Waals surface area contributed by atoms with Crippen LogP contribution in [0.15, 0.2) is 48.5 Å². The minimum Gasteiger partial charge on any atom is -0.463 e. The first-order valence-electron chi connectivity index (χ1n) is 10.3. The number of rotatable bonds is 7. The average molecular weight is 435 g/mol.